The molecule has 1 aliphatic rings. The molecule has 228 valence electrons. The van der Waals surface area contributed by atoms with Crippen molar-refractivity contribution >= 4 is 23.7 Å². The zero-order valence-electron chi connectivity index (χ0n) is 25.3. The van der Waals surface area contributed by atoms with Crippen molar-refractivity contribution in [3.05, 3.63) is 125 Å². The summed E-state index contributed by atoms with van der Waals surface area (Å²) in [6.45, 7) is 5.57. The summed E-state index contributed by atoms with van der Waals surface area (Å²) < 4.78 is 11.6. The number of benzene rings is 4. The van der Waals surface area contributed by atoms with Crippen LogP contribution in [-0.4, -0.2) is 47.9 Å². The zero-order chi connectivity index (χ0) is 32.0. The number of ether oxygens (including phenoxy) is 2. The molecule has 1 atom stereocenters. The maximum Gasteiger partial charge on any atom is 0.407 e. The summed E-state index contributed by atoms with van der Waals surface area (Å²) in [7, 11) is 0. The van der Waals surface area contributed by atoms with Gasteiger partial charge < -0.3 is 25.2 Å². The molecule has 0 saturated carbocycles. The topological polar surface area (TPSA) is 114 Å². The highest BCUT2D eigenvalue weighted by molar-refractivity contribution is 5.98. The van der Waals surface area contributed by atoms with E-state index in [1.165, 1.54) is 6.07 Å². The normalized spacial score (nSPS) is 12.6. The first-order valence-electron chi connectivity index (χ1n) is 14.6. The lowest BCUT2D eigenvalue weighted by Crippen LogP contribution is -2.48. The second kappa shape index (κ2) is 13.5. The predicted octanol–water partition coefficient (Wildman–Crippen LogP) is 6.45. The molecule has 0 aliphatic heterocycles. The molecule has 0 saturated heterocycles. The molecule has 0 heterocycles. The van der Waals surface area contributed by atoms with Gasteiger partial charge in [0, 0.05) is 17.0 Å². The highest BCUT2D eigenvalue weighted by atomic mass is 16.5. The maximum atomic E-state index is 13.5. The van der Waals surface area contributed by atoms with Gasteiger partial charge in [-0.05, 0) is 67.3 Å². The van der Waals surface area contributed by atoms with E-state index in [1.807, 2.05) is 57.2 Å². The van der Waals surface area contributed by atoms with E-state index in [4.69, 9.17) is 9.47 Å². The first-order chi connectivity index (χ1) is 21.6. The van der Waals surface area contributed by atoms with Crippen LogP contribution in [0.15, 0.2) is 97.1 Å². The molecule has 2 amide bonds. The minimum absolute atomic E-state index is 0.0817. The number of hydrogen-bond donors (Lipinski definition) is 3. The van der Waals surface area contributed by atoms with E-state index < -0.39 is 29.6 Å². The van der Waals surface area contributed by atoms with Gasteiger partial charge in [0.1, 0.15) is 12.6 Å². The van der Waals surface area contributed by atoms with Gasteiger partial charge in [-0.3, -0.25) is 4.79 Å². The number of aromatic carboxylic acids is 1. The summed E-state index contributed by atoms with van der Waals surface area (Å²) in [6.07, 6.45) is -0.743. The van der Waals surface area contributed by atoms with Gasteiger partial charge in [0.25, 0.3) is 0 Å². The second-order valence-electron chi connectivity index (χ2n) is 11.6. The van der Waals surface area contributed by atoms with Gasteiger partial charge in [0.05, 0.1) is 23.5 Å². The van der Waals surface area contributed by atoms with Crippen molar-refractivity contribution in [3.8, 4) is 23.0 Å². The van der Waals surface area contributed by atoms with E-state index in [1.54, 1.807) is 42.5 Å². The average Bonchev–Trinajstić information content (AvgIpc) is 3.34. The molecule has 0 fully saturated rings. The Kier molecular flexibility index (Phi) is 9.31. The standard InChI is InChI=1S/C37H34N2O6/c1-37(2,3)45-23-33(39-36(43)44-22-31-29-17-9-7-15-27(29)28-16-8-10-18-30(28)31)34(40)38-32-19-11-5-13-25(32)21-20-24-12-4-6-14-26(24)35(41)42/h4-19,31,33H,22-23H2,1-3H3,(H,38,40)(H,39,43)(H,41,42)/t33-/m1/s1. The number of carboxylic acids is 1. The fourth-order valence-electron chi connectivity index (χ4n) is 5.13. The van der Waals surface area contributed by atoms with E-state index in [0.717, 1.165) is 22.3 Å². The molecular weight excluding hydrogens is 568 g/mol. The van der Waals surface area contributed by atoms with Crippen molar-refractivity contribution in [1.29, 1.82) is 0 Å². The molecule has 0 unspecified atom stereocenters. The maximum absolute atomic E-state index is 13.5. The number of nitrogens with one attached hydrogen (secondary N) is 2. The monoisotopic (exact) mass is 602 g/mol. The summed E-state index contributed by atoms with van der Waals surface area (Å²) in [5.74, 6) is 4.13. The molecule has 1 aliphatic carbocycles. The van der Waals surface area contributed by atoms with E-state index in [2.05, 4.69) is 34.6 Å². The first-order valence-corrected chi connectivity index (χ1v) is 14.6. The fraction of sp³-hybridized carbons (Fsp3) is 0.216. The lowest BCUT2D eigenvalue weighted by molar-refractivity contribution is -0.121. The number of alkyl carbamates (subject to hydrolysis) is 1. The summed E-state index contributed by atoms with van der Waals surface area (Å²) in [5, 5.41) is 15.0. The zero-order valence-corrected chi connectivity index (χ0v) is 25.3. The summed E-state index contributed by atoms with van der Waals surface area (Å²) in [4.78, 5) is 38.2. The number of rotatable bonds is 8. The van der Waals surface area contributed by atoms with Crippen LogP contribution in [0.1, 0.15) is 59.3 Å². The van der Waals surface area contributed by atoms with E-state index in [-0.39, 0.29) is 24.7 Å². The number of anilines is 1. The lowest BCUT2D eigenvalue weighted by atomic mass is 9.98. The van der Waals surface area contributed by atoms with Gasteiger partial charge in [-0.15, -0.1) is 0 Å². The van der Waals surface area contributed by atoms with Crippen molar-refractivity contribution in [2.75, 3.05) is 18.5 Å². The predicted molar refractivity (Wildman–Crippen MR) is 172 cm³/mol. The van der Waals surface area contributed by atoms with Crippen molar-refractivity contribution in [3.63, 3.8) is 0 Å². The van der Waals surface area contributed by atoms with Gasteiger partial charge >= 0.3 is 12.1 Å². The van der Waals surface area contributed by atoms with Gasteiger partial charge in [0.2, 0.25) is 5.91 Å². The highest BCUT2D eigenvalue weighted by Crippen LogP contribution is 2.44. The molecule has 45 heavy (non-hydrogen) atoms. The van der Waals surface area contributed by atoms with Crippen LogP contribution >= 0.6 is 0 Å². The molecule has 0 aromatic heterocycles. The van der Waals surface area contributed by atoms with E-state index >= 15 is 0 Å². The number of para-hydroxylation sites is 1. The Morgan fingerprint density at radius 2 is 1.36 bits per heavy atom. The molecule has 0 bridgehead atoms. The SMILES string of the molecule is CC(C)(C)OC[C@@H](NC(=O)OCC1c2ccccc2-c2ccccc21)C(=O)Nc1ccccc1C#Cc1ccccc1C(=O)O. The van der Waals surface area contributed by atoms with Crippen molar-refractivity contribution in [2.45, 2.75) is 38.3 Å². The molecule has 0 radical (unpaired) electrons. The molecule has 3 N–H and O–H groups in total. The van der Waals surface area contributed by atoms with Crippen LogP contribution in [0.4, 0.5) is 10.5 Å². The molecular formula is C37H34N2O6. The number of fused-ring (bicyclic) bond motifs is 3. The fourth-order valence-corrected chi connectivity index (χ4v) is 5.13. The molecule has 8 nitrogen and oxygen atoms in total. The van der Waals surface area contributed by atoms with Gasteiger partial charge in [-0.2, -0.15) is 0 Å². The third kappa shape index (κ3) is 7.58. The summed E-state index contributed by atoms with van der Waals surface area (Å²) in [5.41, 5.74) is 5.14. The number of carbonyl (C=O) groups excluding carboxylic acids is 2. The Balaban J connectivity index is 1.30. The molecule has 5 rings (SSSR count). The van der Waals surface area contributed by atoms with Gasteiger partial charge in [0.15, 0.2) is 0 Å². The minimum Gasteiger partial charge on any atom is -0.478 e. The van der Waals surface area contributed by atoms with Crippen LogP contribution in [0.25, 0.3) is 11.1 Å². The van der Waals surface area contributed by atoms with Gasteiger partial charge in [-0.1, -0.05) is 84.6 Å². The van der Waals surface area contributed by atoms with Crippen LogP contribution in [0.2, 0.25) is 0 Å². The van der Waals surface area contributed by atoms with Gasteiger partial charge in [-0.25, -0.2) is 9.59 Å². The van der Waals surface area contributed by atoms with Crippen molar-refractivity contribution in [1.82, 2.24) is 5.32 Å². The summed E-state index contributed by atoms with van der Waals surface area (Å²) in [6, 6.07) is 28.4. The van der Waals surface area contributed by atoms with Crippen molar-refractivity contribution < 1.29 is 29.0 Å². The quantitative estimate of drug-likeness (QED) is 0.200. The average molecular weight is 603 g/mol. The van der Waals surface area contributed by atoms with Crippen LogP contribution < -0.4 is 10.6 Å². The third-order valence-corrected chi connectivity index (χ3v) is 7.31. The Bertz CT molecular complexity index is 1750. The number of carboxylic acid groups (broad SMARTS) is 1. The summed E-state index contributed by atoms with van der Waals surface area (Å²) >= 11 is 0. The van der Waals surface area contributed by atoms with Crippen LogP contribution in [0.5, 0.6) is 0 Å². The Morgan fingerprint density at radius 1 is 0.800 bits per heavy atom. The number of carbonyl (C=O) groups is 3. The Hall–Kier alpha value is -5.39. The van der Waals surface area contributed by atoms with Crippen molar-refractivity contribution in [2.24, 2.45) is 0 Å². The smallest absolute Gasteiger partial charge is 0.407 e. The Labute approximate surface area is 262 Å². The highest BCUT2D eigenvalue weighted by Gasteiger charge is 2.30. The second-order valence-corrected chi connectivity index (χ2v) is 11.6. The largest absolute Gasteiger partial charge is 0.478 e. The number of hydrogen-bond acceptors (Lipinski definition) is 5. The minimum atomic E-state index is -1.08. The van der Waals surface area contributed by atoms with Crippen LogP contribution in [0.3, 0.4) is 0 Å². The lowest BCUT2D eigenvalue weighted by Gasteiger charge is -2.25. The van der Waals surface area contributed by atoms with Crippen LogP contribution in [0, 0.1) is 11.8 Å². The molecule has 4 aromatic rings. The third-order valence-electron chi connectivity index (χ3n) is 7.31. The van der Waals surface area contributed by atoms with E-state index in [0.29, 0.717) is 16.8 Å². The Morgan fingerprint density at radius 3 is 2.00 bits per heavy atom. The molecule has 4 aromatic carbocycles. The number of amides is 2. The van der Waals surface area contributed by atoms with Crippen LogP contribution in [-0.2, 0) is 14.3 Å². The van der Waals surface area contributed by atoms with E-state index in [9.17, 15) is 19.5 Å². The molecule has 0 spiro atoms. The first kappa shape index (κ1) is 31.0. The molecule has 8 heteroatoms.